The fourth-order valence-electron chi connectivity index (χ4n) is 3.10. The van der Waals surface area contributed by atoms with Gasteiger partial charge in [0.05, 0.1) is 16.7 Å². The van der Waals surface area contributed by atoms with Crippen molar-refractivity contribution in [1.82, 2.24) is 9.38 Å². The molecule has 28 heavy (non-hydrogen) atoms. The van der Waals surface area contributed by atoms with E-state index in [2.05, 4.69) is 4.98 Å². The minimum atomic E-state index is -4.98. The number of allylic oxidation sites excluding steroid dienone is 1. The van der Waals surface area contributed by atoms with Gasteiger partial charge in [0.25, 0.3) is 0 Å². The summed E-state index contributed by atoms with van der Waals surface area (Å²) in [5.41, 5.74) is -5.23. The van der Waals surface area contributed by atoms with E-state index in [-0.39, 0.29) is 11.4 Å². The molecule has 0 amide bonds. The minimum Gasteiger partial charge on any atom is -0.398 e. The quantitative estimate of drug-likeness (QED) is 0.518. The number of pyridine rings is 1. The Morgan fingerprint density at radius 1 is 1.11 bits per heavy atom. The number of aromatic nitrogens is 2. The van der Waals surface area contributed by atoms with E-state index in [1.807, 2.05) is 13.8 Å². The molecule has 1 aliphatic heterocycles. The molecule has 1 aliphatic rings. The first-order valence-electron chi connectivity index (χ1n) is 9.06. The van der Waals surface area contributed by atoms with Gasteiger partial charge >= 0.3 is 13.3 Å². The van der Waals surface area contributed by atoms with E-state index in [1.165, 1.54) is 6.07 Å². The van der Waals surface area contributed by atoms with Crippen LogP contribution in [0.1, 0.15) is 59.0 Å². The number of nitrogens with zero attached hydrogens (tertiary/aromatic N) is 2. The van der Waals surface area contributed by atoms with Crippen LogP contribution in [0, 0.1) is 0 Å². The van der Waals surface area contributed by atoms with Gasteiger partial charge in [0.1, 0.15) is 22.8 Å². The zero-order chi connectivity index (χ0) is 21.1. The lowest BCUT2D eigenvalue weighted by molar-refractivity contribution is -0.0701. The van der Waals surface area contributed by atoms with Crippen LogP contribution in [0.4, 0.5) is 17.6 Å². The Labute approximate surface area is 161 Å². The van der Waals surface area contributed by atoms with Crippen LogP contribution in [0.5, 0.6) is 0 Å². The number of halogens is 4. The summed E-state index contributed by atoms with van der Waals surface area (Å²) in [5.74, 6) is 0.257. The molecule has 2 aromatic rings. The molecule has 9 heteroatoms. The van der Waals surface area contributed by atoms with Crippen LogP contribution in [0.15, 0.2) is 30.1 Å². The average molecular weight is 398 g/mol. The SMILES string of the molecule is CC(C)c1nc(C(=C(F)B2OC(C)(C)C(C)(C)O2)C(F)(F)F)c2ccccn12. The number of imidazole rings is 1. The highest BCUT2D eigenvalue weighted by Gasteiger charge is 2.56. The van der Waals surface area contributed by atoms with Gasteiger partial charge in [-0.3, -0.25) is 0 Å². The lowest BCUT2D eigenvalue weighted by Crippen LogP contribution is -2.41. The highest BCUT2D eigenvalue weighted by molar-refractivity contribution is 6.55. The summed E-state index contributed by atoms with van der Waals surface area (Å²) in [6.07, 6.45) is -3.37. The molecule has 2 aromatic heterocycles. The van der Waals surface area contributed by atoms with E-state index in [0.29, 0.717) is 5.82 Å². The first-order valence-corrected chi connectivity index (χ1v) is 9.06. The molecule has 3 heterocycles. The monoisotopic (exact) mass is 398 g/mol. The molecule has 1 saturated heterocycles. The topological polar surface area (TPSA) is 35.8 Å². The molecule has 0 aliphatic carbocycles. The summed E-state index contributed by atoms with van der Waals surface area (Å²) in [7, 11) is -1.76. The lowest BCUT2D eigenvalue weighted by Gasteiger charge is -2.32. The molecule has 0 N–H and O–H groups in total. The van der Waals surface area contributed by atoms with E-state index >= 15 is 4.39 Å². The second kappa shape index (κ2) is 6.59. The smallest absolute Gasteiger partial charge is 0.398 e. The molecule has 0 unspecified atom stereocenters. The first kappa shape index (κ1) is 20.9. The third-order valence-corrected chi connectivity index (χ3v) is 5.31. The summed E-state index contributed by atoms with van der Waals surface area (Å²) >= 11 is 0. The molecule has 1 fully saturated rings. The van der Waals surface area contributed by atoms with Crippen molar-refractivity contribution in [1.29, 1.82) is 0 Å². The van der Waals surface area contributed by atoms with E-state index in [0.717, 1.165) is 0 Å². The molecule has 4 nitrogen and oxygen atoms in total. The largest absolute Gasteiger partial charge is 0.525 e. The minimum absolute atomic E-state index is 0.155. The van der Waals surface area contributed by atoms with Crippen molar-refractivity contribution < 1.29 is 26.9 Å². The Morgan fingerprint density at radius 2 is 1.68 bits per heavy atom. The summed E-state index contributed by atoms with van der Waals surface area (Å²) < 4.78 is 69.7. The Hall–Kier alpha value is -1.87. The molecular weight excluding hydrogens is 375 g/mol. The zero-order valence-corrected chi connectivity index (χ0v) is 16.7. The fraction of sp³-hybridized carbons (Fsp3) is 0.526. The molecule has 0 radical (unpaired) electrons. The Kier molecular flexibility index (Phi) is 4.91. The Bertz CT molecular complexity index is 916. The van der Waals surface area contributed by atoms with Gasteiger partial charge in [-0.1, -0.05) is 19.9 Å². The maximum atomic E-state index is 15.2. The maximum Gasteiger partial charge on any atom is 0.525 e. The molecule has 3 rings (SSSR count). The normalized spacial score (nSPS) is 20.2. The summed E-state index contributed by atoms with van der Waals surface area (Å²) in [6.45, 7) is 10.2. The second-order valence-corrected chi connectivity index (χ2v) is 8.24. The molecule has 0 bridgehead atoms. The first-order chi connectivity index (χ1) is 12.8. The Balaban J connectivity index is 2.23. The lowest BCUT2D eigenvalue weighted by atomic mass is 9.83. The molecule has 0 atom stereocenters. The third-order valence-electron chi connectivity index (χ3n) is 5.31. The van der Waals surface area contributed by atoms with Crippen molar-refractivity contribution in [2.75, 3.05) is 0 Å². The van der Waals surface area contributed by atoms with Gasteiger partial charge in [0.15, 0.2) is 0 Å². The van der Waals surface area contributed by atoms with Gasteiger partial charge in [-0.2, -0.15) is 13.2 Å². The van der Waals surface area contributed by atoms with Gasteiger partial charge in [-0.25, -0.2) is 9.37 Å². The number of alkyl halides is 3. The summed E-state index contributed by atoms with van der Waals surface area (Å²) in [4.78, 5) is 4.15. The molecular formula is C19H23BF4N2O2. The van der Waals surface area contributed by atoms with E-state index < -0.39 is 41.5 Å². The number of hydrogen-bond acceptors (Lipinski definition) is 3. The maximum absolute atomic E-state index is 15.2. The molecule has 0 spiro atoms. The van der Waals surface area contributed by atoms with Gasteiger partial charge in [-0.15, -0.1) is 0 Å². The van der Waals surface area contributed by atoms with Crippen molar-refractivity contribution >= 4 is 18.2 Å². The third kappa shape index (κ3) is 3.35. The van der Waals surface area contributed by atoms with Crippen LogP contribution in [-0.4, -0.2) is 33.9 Å². The van der Waals surface area contributed by atoms with Crippen LogP contribution in [0.3, 0.4) is 0 Å². The van der Waals surface area contributed by atoms with Crippen molar-refractivity contribution in [3.8, 4) is 0 Å². The van der Waals surface area contributed by atoms with Crippen LogP contribution in [0.2, 0.25) is 0 Å². The van der Waals surface area contributed by atoms with Crippen LogP contribution in [-0.2, 0) is 9.31 Å². The second-order valence-electron chi connectivity index (χ2n) is 8.24. The van der Waals surface area contributed by atoms with E-state index in [9.17, 15) is 13.2 Å². The molecule has 152 valence electrons. The predicted molar refractivity (Wildman–Crippen MR) is 99.4 cm³/mol. The van der Waals surface area contributed by atoms with E-state index in [4.69, 9.17) is 9.31 Å². The summed E-state index contributed by atoms with van der Waals surface area (Å²) in [5, 5.41) is 0. The fourth-order valence-corrected chi connectivity index (χ4v) is 3.10. The number of rotatable bonds is 3. The van der Waals surface area contributed by atoms with Crippen LogP contribution < -0.4 is 0 Å². The van der Waals surface area contributed by atoms with Gasteiger partial charge in [0, 0.05) is 12.1 Å². The van der Waals surface area contributed by atoms with E-state index in [1.54, 1.807) is 50.4 Å². The van der Waals surface area contributed by atoms with Gasteiger partial charge in [-0.05, 0) is 39.8 Å². The van der Waals surface area contributed by atoms with Crippen molar-refractivity contribution in [3.63, 3.8) is 0 Å². The average Bonchev–Trinajstić information content (AvgIpc) is 3.02. The highest BCUT2D eigenvalue weighted by Crippen LogP contribution is 2.44. The standard InChI is InChI=1S/C19H23BF4N2O2/c1-11(2)16-25-14(12-9-7-8-10-26(12)16)13(19(22,23)24)15(21)20-27-17(3,4)18(5,6)28-20/h7-11H,1-6H3. The molecule has 0 saturated carbocycles. The van der Waals surface area contributed by atoms with Gasteiger partial charge < -0.3 is 13.7 Å². The summed E-state index contributed by atoms with van der Waals surface area (Å²) in [6, 6.07) is 4.76. The van der Waals surface area contributed by atoms with Crippen molar-refractivity contribution in [2.24, 2.45) is 0 Å². The zero-order valence-electron chi connectivity index (χ0n) is 16.7. The van der Waals surface area contributed by atoms with Crippen LogP contribution in [0.25, 0.3) is 11.1 Å². The number of hydrogen-bond donors (Lipinski definition) is 0. The highest BCUT2D eigenvalue weighted by atomic mass is 19.4. The molecule has 0 aromatic carbocycles. The van der Waals surface area contributed by atoms with Crippen LogP contribution >= 0.6 is 0 Å². The van der Waals surface area contributed by atoms with Crippen molar-refractivity contribution in [3.05, 3.63) is 41.6 Å². The Morgan fingerprint density at radius 3 is 2.18 bits per heavy atom. The predicted octanol–water partition coefficient (Wildman–Crippen LogP) is 5.33. The number of fused-ring (bicyclic) bond motifs is 1. The van der Waals surface area contributed by atoms with Crippen molar-refractivity contribution in [2.45, 2.75) is 64.8 Å². The van der Waals surface area contributed by atoms with Gasteiger partial charge in [0.2, 0.25) is 0 Å².